The number of likely N-dealkylation sites (N-methyl/N-ethyl adjacent to an activating group) is 1. The van der Waals surface area contributed by atoms with Gasteiger partial charge in [0.1, 0.15) is 0 Å². The molecule has 0 bridgehead atoms. The SMILES string of the molecule is CCCCN(CC)C(c1cccc(C)c1)C(N)CC. The van der Waals surface area contributed by atoms with Crippen LogP contribution in [0.2, 0.25) is 0 Å². The van der Waals surface area contributed by atoms with Crippen molar-refractivity contribution in [3.63, 3.8) is 0 Å². The van der Waals surface area contributed by atoms with Gasteiger partial charge < -0.3 is 5.73 Å². The van der Waals surface area contributed by atoms with Crippen LogP contribution in [-0.2, 0) is 0 Å². The molecule has 0 radical (unpaired) electrons. The maximum Gasteiger partial charge on any atom is 0.0499 e. The first-order chi connectivity index (χ1) is 9.13. The number of benzene rings is 1. The lowest BCUT2D eigenvalue weighted by Crippen LogP contribution is -2.41. The fraction of sp³-hybridized carbons (Fsp3) is 0.647. The quantitative estimate of drug-likeness (QED) is 0.770. The van der Waals surface area contributed by atoms with Crippen molar-refractivity contribution in [2.45, 2.75) is 59.0 Å². The maximum absolute atomic E-state index is 6.41. The average Bonchev–Trinajstić information content (AvgIpc) is 2.42. The molecule has 2 nitrogen and oxygen atoms in total. The second-order valence-corrected chi connectivity index (χ2v) is 5.41. The van der Waals surface area contributed by atoms with E-state index in [9.17, 15) is 0 Å². The molecular formula is C17H30N2. The molecule has 0 aliphatic rings. The van der Waals surface area contributed by atoms with E-state index in [1.54, 1.807) is 0 Å². The zero-order valence-electron chi connectivity index (χ0n) is 13.0. The fourth-order valence-corrected chi connectivity index (χ4v) is 2.66. The van der Waals surface area contributed by atoms with Crippen LogP contribution in [-0.4, -0.2) is 24.0 Å². The first-order valence-corrected chi connectivity index (χ1v) is 7.70. The molecule has 0 aliphatic carbocycles. The van der Waals surface area contributed by atoms with Crippen molar-refractivity contribution in [1.29, 1.82) is 0 Å². The Balaban J connectivity index is 2.98. The summed E-state index contributed by atoms with van der Waals surface area (Å²) >= 11 is 0. The summed E-state index contributed by atoms with van der Waals surface area (Å²) in [6.45, 7) is 11.0. The number of hydrogen-bond donors (Lipinski definition) is 1. The fourth-order valence-electron chi connectivity index (χ4n) is 2.66. The Morgan fingerprint density at radius 3 is 2.47 bits per heavy atom. The normalized spacial score (nSPS) is 14.6. The number of hydrogen-bond acceptors (Lipinski definition) is 2. The highest BCUT2D eigenvalue weighted by Crippen LogP contribution is 2.26. The number of nitrogens with zero attached hydrogens (tertiary/aromatic N) is 1. The molecule has 1 aromatic carbocycles. The van der Waals surface area contributed by atoms with Gasteiger partial charge in [-0.25, -0.2) is 0 Å². The Morgan fingerprint density at radius 1 is 1.21 bits per heavy atom. The summed E-state index contributed by atoms with van der Waals surface area (Å²) in [6.07, 6.45) is 3.49. The van der Waals surface area contributed by atoms with Gasteiger partial charge in [-0.15, -0.1) is 0 Å². The predicted molar refractivity (Wildman–Crippen MR) is 84.3 cm³/mol. The molecule has 0 aliphatic heterocycles. The molecule has 0 saturated carbocycles. The van der Waals surface area contributed by atoms with Gasteiger partial charge in [0.2, 0.25) is 0 Å². The topological polar surface area (TPSA) is 29.3 Å². The lowest BCUT2D eigenvalue weighted by molar-refractivity contribution is 0.175. The van der Waals surface area contributed by atoms with Crippen LogP contribution in [0.1, 0.15) is 57.2 Å². The molecule has 2 atom stereocenters. The number of nitrogens with two attached hydrogens (primary N) is 1. The van der Waals surface area contributed by atoms with Crippen molar-refractivity contribution in [2.24, 2.45) is 5.73 Å². The van der Waals surface area contributed by atoms with Gasteiger partial charge in [0.25, 0.3) is 0 Å². The molecule has 0 heterocycles. The molecule has 19 heavy (non-hydrogen) atoms. The summed E-state index contributed by atoms with van der Waals surface area (Å²) in [7, 11) is 0. The number of aryl methyl sites for hydroxylation is 1. The summed E-state index contributed by atoms with van der Waals surface area (Å²) in [4.78, 5) is 2.53. The molecule has 1 aromatic rings. The first-order valence-electron chi connectivity index (χ1n) is 7.70. The molecule has 0 fully saturated rings. The van der Waals surface area contributed by atoms with E-state index in [-0.39, 0.29) is 6.04 Å². The van der Waals surface area contributed by atoms with Crippen molar-refractivity contribution >= 4 is 0 Å². The van der Waals surface area contributed by atoms with Gasteiger partial charge in [0.05, 0.1) is 0 Å². The Labute approximate surface area is 119 Å². The van der Waals surface area contributed by atoms with Crippen LogP contribution in [0.4, 0.5) is 0 Å². The summed E-state index contributed by atoms with van der Waals surface area (Å²) in [5, 5.41) is 0. The van der Waals surface area contributed by atoms with E-state index in [0.717, 1.165) is 19.5 Å². The van der Waals surface area contributed by atoms with E-state index in [4.69, 9.17) is 5.73 Å². The van der Waals surface area contributed by atoms with E-state index in [1.807, 2.05) is 0 Å². The zero-order chi connectivity index (χ0) is 14.3. The van der Waals surface area contributed by atoms with Crippen molar-refractivity contribution in [3.05, 3.63) is 35.4 Å². The third-order valence-electron chi connectivity index (χ3n) is 3.86. The van der Waals surface area contributed by atoms with Gasteiger partial charge in [-0.3, -0.25) is 4.90 Å². The summed E-state index contributed by atoms with van der Waals surface area (Å²) in [6, 6.07) is 9.37. The van der Waals surface area contributed by atoms with Crippen molar-refractivity contribution in [3.8, 4) is 0 Å². The van der Waals surface area contributed by atoms with Crippen molar-refractivity contribution in [1.82, 2.24) is 4.90 Å². The monoisotopic (exact) mass is 262 g/mol. The van der Waals surface area contributed by atoms with Gasteiger partial charge in [-0.1, -0.05) is 57.0 Å². The Bertz CT molecular complexity index is 362. The van der Waals surface area contributed by atoms with Crippen molar-refractivity contribution < 1.29 is 0 Å². The molecule has 0 amide bonds. The first kappa shape index (κ1) is 16.2. The summed E-state index contributed by atoms with van der Waals surface area (Å²) < 4.78 is 0. The highest BCUT2D eigenvalue weighted by molar-refractivity contribution is 5.26. The van der Waals surface area contributed by atoms with Gasteiger partial charge in [-0.2, -0.15) is 0 Å². The molecule has 2 heteroatoms. The molecule has 0 spiro atoms. The molecule has 1 rings (SSSR count). The zero-order valence-corrected chi connectivity index (χ0v) is 13.0. The van der Waals surface area contributed by atoms with Crippen LogP contribution in [0, 0.1) is 6.92 Å². The van der Waals surface area contributed by atoms with Gasteiger partial charge in [0, 0.05) is 12.1 Å². The smallest absolute Gasteiger partial charge is 0.0499 e. The molecule has 0 aromatic heterocycles. The molecule has 2 unspecified atom stereocenters. The Morgan fingerprint density at radius 2 is 1.95 bits per heavy atom. The van der Waals surface area contributed by atoms with Crippen LogP contribution in [0.25, 0.3) is 0 Å². The molecule has 2 N–H and O–H groups in total. The lowest BCUT2D eigenvalue weighted by atomic mass is 9.95. The van der Waals surface area contributed by atoms with E-state index < -0.39 is 0 Å². The Hall–Kier alpha value is -0.860. The predicted octanol–water partition coefficient (Wildman–Crippen LogP) is 3.90. The van der Waals surface area contributed by atoms with Crippen LogP contribution in [0.15, 0.2) is 24.3 Å². The maximum atomic E-state index is 6.41. The third kappa shape index (κ3) is 4.63. The molecular weight excluding hydrogens is 232 g/mol. The van der Waals surface area contributed by atoms with Crippen LogP contribution in [0.5, 0.6) is 0 Å². The van der Waals surface area contributed by atoms with Crippen molar-refractivity contribution in [2.75, 3.05) is 13.1 Å². The second kappa shape index (κ2) is 8.34. The number of unbranched alkanes of at least 4 members (excludes halogenated alkanes) is 1. The number of rotatable bonds is 8. The second-order valence-electron chi connectivity index (χ2n) is 5.41. The van der Waals surface area contributed by atoms with Crippen LogP contribution in [0.3, 0.4) is 0 Å². The minimum Gasteiger partial charge on any atom is -0.326 e. The highest BCUT2D eigenvalue weighted by atomic mass is 15.2. The highest BCUT2D eigenvalue weighted by Gasteiger charge is 2.24. The van der Waals surface area contributed by atoms with Gasteiger partial charge in [0.15, 0.2) is 0 Å². The summed E-state index contributed by atoms with van der Waals surface area (Å²) in [5.74, 6) is 0. The lowest BCUT2D eigenvalue weighted by Gasteiger charge is -2.35. The van der Waals surface area contributed by atoms with Crippen LogP contribution >= 0.6 is 0 Å². The molecule has 0 saturated heterocycles. The Kier molecular flexibility index (Phi) is 7.11. The summed E-state index contributed by atoms with van der Waals surface area (Å²) in [5.41, 5.74) is 9.09. The van der Waals surface area contributed by atoms with E-state index in [0.29, 0.717) is 6.04 Å². The van der Waals surface area contributed by atoms with E-state index in [1.165, 1.54) is 24.0 Å². The molecule has 108 valence electrons. The standard InChI is InChI=1S/C17H30N2/c1-5-8-12-19(7-3)17(16(18)6-2)15-11-9-10-14(4)13-15/h9-11,13,16-17H,5-8,12,18H2,1-4H3. The van der Waals surface area contributed by atoms with Gasteiger partial charge in [-0.05, 0) is 38.4 Å². The third-order valence-corrected chi connectivity index (χ3v) is 3.86. The minimum atomic E-state index is 0.207. The van der Waals surface area contributed by atoms with E-state index >= 15 is 0 Å². The minimum absolute atomic E-state index is 0.207. The average molecular weight is 262 g/mol. The van der Waals surface area contributed by atoms with Crippen LogP contribution < -0.4 is 5.73 Å². The van der Waals surface area contributed by atoms with E-state index in [2.05, 4.69) is 56.9 Å². The largest absolute Gasteiger partial charge is 0.326 e. The van der Waals surface area contributed by atoms with Gasteiger partial charge >= 0.3 is 0 Å².